The number of unbranched alkanes of at least 4 members (excludes halogenated alkanes) is 49. The molecule has 0 fully saturated rings. The average Bonchev–Trinajstić information content (AvgIpc) is 3.38. The Bertz CT molecular complexity index is 1080. The molecule has 0 radical (unpaired) electrons. The van der Waals surface area contributed by atoms with Crippen molar-refractivity contribution in [1.29, 1.82) is 0 Å². The summed E-state index contributed by atoms with van der Waals surface area (Å²) in [4.78, 5) is 24.5. The van der Waals surface area contributed by atoms with Gasteiger partial charge in [-0.2, -0.15) is 0 Å². The Labute approximate surface area is 450 Å². The number of aliphatic hydroxyl groups excluding tert-OH is 2. The average molecular weight is 1020 g/mol. The molecule has 0 spiro atoms. The highest BCUT2D eigenvalue weighted by Gasteiger charge is 2.20. The first-order chi connectivity index (χ1) is 35.5. The van der Waals surface area contributed by atoms with E-state index in [0.29, 0.717) is 25.9 Å². The van der Waals surface area contributed by atoms with E-state index in [1.165, 1.54) is 295 Å². The molecule has 2 atom stereocenters. The number of hydrogen-bond acceptors (Lipinski definition) is 5. The predicted molar refractivity (Wildman–Crippen MR) is 315 cm³/mol. The fourth-order valence-corrected chi connectivity index (χ4v) is 10.5. The van der Waals surface area contributed by atoms with Crippen LogP contribution in [-0.4, -0.2) is 47.4 Å². The summed E-state index contributed by atoms with van der Waals surface area (Å²) >= 11 is 0. The van der Waals surface area contributed by atoms with Gasteiger partial charge >= 0.3 is 5.97 Å². The van der Waals surface area contributed by atoms with Gasteiger partial charge in [0, 0.05) is 12.8 Å². The Kier molecular flexibility index (Phi) is 60.9. The fourth-order valence-electron chi connectivity index (χ4n) is 10.5. The summed E-state index contributed by atoms with van der Waals surface area (Å²) in [6.07, 6.45) is 75.3. The maximum Gasteiger partial charge on any atom is 0.305 e. The normalized spacial score (nSPS) is 12.6. The molecular weight excluding hydrogens is 887 g/mol. The molecule has 0 aromatic carbocycles. The highest BCUT2D eigenvalue weighted by molar-refractivity contribution is 5.76. The van der Waals surface area contributed by atoms with Gasteiger partial charge in [-0.1, -0.05) is 321 Å². The number of ether oxygens (including phenoxy) is 1. The van der Waals surface area contributed by atoms with Gasteiger partial charge in [-0.15, -0.1) is 0 Å². The zero-order valence-electron chi connectivity index (χ0n) is 48.9. The minimum Gasteiger partial charge on any atom is -0.466 e. The van der Waals surface area contributed by atoms with Gasteiger partial charge in [0.25, 0.3) is 0 Å². The Balaban J connectivity index is 3.32. The number of carbonyl (C=O) groups excluding carboxylic acids is 2. The summed E-state index contributed by atoms with van der Waals surface area (Å²) in [7, 11) is 0. The Morgan fingerprint density at radius 3 is 1.00 bits per heavy atom. The Hall–Kier alpha value is -1.40. The largest absolute Gasteiger partial charge is 0.466 e. The molecule has 1 amide bonds. The molecule has 0 aromatic rings. The van der Waals surface area contributed by atoms with E-state index in [1.54, 1.807) is 0 Å². The van der Waals surface area contributed by atoms with Crippen molar-refractivity contribution in [2.24, 2.45) is 0 Å². The molecule has 0 rings (SSSR count). The zero-order chi connectivity index (χ0) is 52.2. The van der Waals surface area contributed by atoms with E-state index < -0.39 is 12.1 Å². The van der Waals surface area contributed by atoms with Gasteiger partial charge in [-0.3, -0.25) is 9.59 Å². The van der Waals surface area contributed by atoms with Crippen LogP contribution in [-0.2, 0) is 14.3 Å². The van der Waals surface area contributed by atoms with Gasteiger partial charge in [0.15, 0.2) is 0 Å². The van der Waals surface area contributed by atoms with Crippen LogP contribution in [0.1, 0.15) is 373 Å². The highest BCUT2D eigenvalue weighted by Crippen LogP contribution is 2.19. The third-order valence-corrected chi connectivity index (χ3v) is 15.6. The summed E-state index contributed by atoms with van der Waals surface area (Å²) in [6, 6.07) is -0.537. The molecule has 0 aliphatic rings. The van der Waals surface area contributed by atoms with Gasteiger partial charge in [0.05, 0.1) is 25.4 Å². The number of esters is 1. The molecule has 6 heteroatoms. The maximum atomic E-state index is 12.5. The van der Waals surface area contributed by atoms with Crippen LogP contribution >= 0.6 is 0 Å². The Morgan fingerprint density at radius 1 is 0.375 bits per heavy atom. The van der Waals surface area contributed by atoms with Crippen molar-refractivity contribution in [3.63, 3.8) is 0 Å². The first-order valence-corrected chi connectivity index (χ1v) is 32.9. The van der Waals surface area contributed by atoms with Crippen LogP contribution in [0, 0.1) is 0 Å². The summed E-state index contributed by atoms with van der Waals surface area (Å²) in [5.74, 6) is -0.0186. The first-order valence-electron chi connectivity index (χ1n) is 32.9. The number of rotatable bonds is 62. The van der Waals surface area contributed by atoms with Crippen molar-refractivity contribution in [2.75, 3.05) is 13.2 Å². The molecule has 0 aliphatic heterocycles. The molecule has 6 nitrogen and oxygen atoms in total. The topological polar surface area (TPSA) is 95.9 Å². The van der Waals surface area contributed by atoms with Crippen molar-refractivity contribution in [1.82, 2.24) is 5.32 Å². The lowest BCUT2D eigenvalue weighted by atomic mass is 10.0. The summed E-state index contributed by atoms with van der Waals surface area (Å²) in [5, 5.41) is 23.3. The van der Waals surface area contributed by atoms with Crippen molar-refractivity contribution >= 4 is 11.9 Å². The summed E-state index contributed by atoms with van der Waals surface area (Å²) in [6.45, 7) is 4.96. The van der Waals surface area contributed by atoms with Crippen LogP contribution in [0.5, 0.6) is 0 Å². The zero-order valence-corrected chi connectivity index (χ0v) is 48.9. The molecule has 0 heterocycles. The fraction of sp³-hybridized carbons (Fsp3) is 0.939. The number of aliphatic hydroxyl groups is 2. The SMILES string of the molecule is CCCCCC/C=C\CCCCCCCC(=O)OCCCCCCCCCCCCCCCCCCCCCCCCCCCCCCCC(=O)NC(CO)C(O)CCCCCCCCCCCCCCC. The predicted octanol–water partition coefficient (Wildman–Crippen LogP) is 20.8. The minimum absolute atomic E-state index is 0.0108. The van der Waals surface area contributed by atoms with Gasteiger partial charge in [0.1, 0.15) is 0 Å². The van der Waals surface area contributed by atoms with E-state index in [2.05, 4.69) is 31.3 Å². The third-order valence-electron chi connectivity index (χ3n) is 15.6. The number of amides is 1. The molecule has 72 heavy (non-hydrogen) atoms. The van der Waals surface area contributed by atoms with Gasteiger partial charge in [-0.25, -0.2) is 0 Å². The van der Waals surface area contributed by atoms with Gasteiger partial charge in [-0.05, 0) is 51.4 Å². The molecule has 2 unspecified atom stereocenters. The first kappa shape index (κ1) is 70.6. The van der Waals surface area contributed by atoms with Crippen molar-refractivity contribution < 1.29 is 24.5 Å². The van der Waals surface area contributed by atoms with Gasteiger partial charge < -0.3 is 20.3 Å². The molecule has 0 saturated heterocycles. The summed E-state index contributed by atoms with van der Waals surface area (Å²) in [5.41, 5.74) is 0. The van der Waals surface area contributed by atoms with Crippen LogP contribution in [0.2, 0.25) is 0 Å². The molecule has 3 N–H and O–H groups in total. The lowest BCUT2D eigenvalue weighted by Crippen LogP contribution is -2.45. The third kappa shape index (κ3) is 57.9. The van der Waals surface area contributed by atoms with Crippen molar-refractivity contribution in [3.05, 3.63) is 12.2 Å². The molecular formula is C66H129NO5. The quantitative estimate of drug-likeness (QED) is 0.0320. The van der Waals surface area contributed by atoms with Crippen molar-refractivity contribution in [2.45, 2.75) is 386 Å². The second kappa shape index (κ2) is 62.1. The Morgan fingerprint density at radius 2 is 0.653 bits per heavy atom. The maximum absolute atomic E-state index is 12.5. The van der Waals surface area contributed by atoms with Crippen LogP contribution < -0.4 is 5.32 Å². The summed E-state index contributed by atoms with van der Waals surface area (Å²) < 4.78 is 5.48. The van der Waals surface area contributed by atoms with Gasteiger partial charge in [0.2, 0.25) is 5.91 Å². The second-order valence-corrected chi connectivity index (χ2v) is 22.8. The second-order valence-electron chi connectivity index (χ2n) is 22.8. The molecule has 0 bridgehead atoms. The lowest BCUT2D eigenvalue weighted by Gasteiger charge is -2.22. The monoisotopic (exact) mass is 1020 g/mol. The molecule has 0 aliphatic carbocycles. The molecule has 0 aromatic heterocycles. The highest BCUT2D eigenvalue weighted by atomic mass is 16.5. The number of carbonyl (C=O) groups is 2. The van der Waals surface area contributed by atoms with Crippen LogP contribution in [0.25, 0.3) is 0 Å². The van der Waals surface area contributed by atoms with E-state index in [-0.39, 0.29) is 18.5 Å². The van der Waals surface area contributed by atoms with E-state index in [1.807, 2.05) is 0 Å². The van der Waals surface area contributed by atoms with Crippen LogP contribution in [0.3, 0.4) is 0 Å². The van der Waals surface area contributed by atoms with E-state index in [0.717, 1.165) is 44.9 Å². The molecule has 0 saturated carbocycles. The van der Waals surface area contributed by atoms with Crippen molar-refractivity contribution in [3.8, 4) is 0 Å². The standard InChI is InChI=1S/C66H129NO5/c1-3-5-7-9-11-13-15-34-38-42-46-50-54-58-64(69)63(62-68)67-65(70)59-55-51-47-43-39-36-32-30-28-26-24-22-20-18-17-19-21-23-25-27-29-31-33-37-41-45-49-53-57-61-72-66(71)60-56-52-48-44-40-35-16-14-12-10-8-6-4-2/h14,16,63-64,68-69H,3-13,15,17-62H2,1-2H3,(H,67,70)/b16-14-. The number of nitrogens with one attached hydrogen (secondary N) is 1. The van der Waals surface area contributed by atoms with E-state index in [4.69, 9.17) is 4.74 Å². The smallest absolute Gasteiger partial charge is 0.305 e. The van der Waals surface area contributed by atoms with E-state index in [9.17, 15) is 19.8 Å². The van der Waals surface area contributed by atoms with Crippen LogP contribution in [0.4, 0.5) is 0 Å². The molecule has 428 valence electrons. The number of allylic oxidation sites excluding steroid dienone is 2. The number of hydrogen-bond donors (Lipinski definition) is 3. The van der Waals surface area contributed by atoms with Crippen LogP contribution in [0.15, 0.2) is 12.2 Å². The lowest BCUT2D eigenvalue weighted by molar-refractivity contribution is -0.143. The minimum atomic E-state index is -0.660. The van der Waals surface area contributed by atoms with E-state index >= 15 is 0 Å².